The second kappa shape index (κ2) is 7.23. The lowest BCUT2D eigenvalue weighted by Gasteiger charge is -2.18. The van der Waals surface area contributed by atoms with Crippen LogP contribution < -0.4 is 20.2 Å². The summed E-state index contributed by atoms with van der Waals surface area (Å²) in [6.07, 6.45) is 2.91. The number of rotatable bonds is 3. The van der Waals surface area contributed by atoms with Gasteiger partial charge >= 0.3 is 11.8 Å². The molecule has 2 aromatic rings. The molecule has 122 valence electrons. The van der Waals surface area contributed by atoms with Crippen LogP contribution in [0.4, 0.5) is 5.82 Å². The van der Waals surface area contributed by atoms with E-state index < -0.39 is 11.8 Å². The SMILES string of the molecule is O=C(N/N=C\c1ccc2c(c1)OCCO2)C(=O)Nc1ccccn1. The number of anilines is 1. The molecule has 0 spiro atoms. The monoisotopic (exact) mass is 326 g/mol. The average molecular weight is 326 g/mol. The summed E-state index contributed by atoms with van der Waals surface area (Å²) in [5.74, 6) is -0.183. The Morgan fingerprint density at radius 2 is 1.92 bits per heavy atom. The Morgan fingerprint density at radius 1 is 1.08 bits per heavy atom. The molecule has 0 bridgehead atoms. The summed E-state index contributed by atoms with van der Waals surface area (Å²) in [4.78, 5) is 27.2. The zero-order chi connectivity index (χ0) is 16.8. The number of fused-ring (bicyclic) bond motifs is 1. The fraction of sp³-hybridized carbons (Fsp3) is 0.125. The molecule has 1 aromatic heterocycles. The summed E-state index contributed by atoms with van der Waals surface area (Å²) in [6.45, 7) is 1.000. The first kappa shape index (κ1) is 15.5. The van der Waals surface area contributed by atoms with Gasteiger partial charge in [0.25, 0.3) is 0 Å². The molecule has 2 N–H and O–H groups in total. The molecule has 1 aliphatic heterocycles. The molecule has 24 heavy (non-hydrogen) atoms. The molecule has 2 amide bonds. The van der Waals surface area contributed by atoms with Crippen LogP contribution in [0.3, 0.4) is 0 Å². The molecule has 0 fully saturated rings. The molecule has 1 aliphatic rings. The van der Waals surface area contributed by atoms with Gasteiger partial charge in [0.05, 0.1) is 6.21 Å². The van der Waals surface area contributed by atoms with Crippen molar-refractivity contribution in [1.29, 1.82) is 0 Å². The second-order valence-electron chi connectivity index (χ2n) is 4.77. The maximum absolute atomic E-state index is 11.7. The number of ether oxygens (including phenoxy) is 2. The first-order valence-corrected chi connectivity index (χ1v) is 7.17. The molecule has 0 atom stereocenters. The maximum atomic E-state index is 11.7. The van der Waals surface area contributed by atoms with E-state index in [1.54, 1.807) is 36.4 Å². The number of nitrogens with one attached hydrogen (secondary N) is 2. The third kappa shape index (κ3) is 3.86. The minimum atomic E-state index is -0.894. The number of hydrogen-bond acceptors (Lipinski definition) is 6. The van der Waals surface area contributed by atoms with Crippen LogP contribution in [0.25, 0.3) is 0 Å². The van der Waals surface area contributed by atoms with E-state index in [-0.39, 0.29) is 5.82 Å². The zero-order valence-electron chi connectivity index (χ0n) is 12.6. The van der Waals surface area contributed by atoms with Crippen LogP contribution in [0.1, 0.15) is 5.56 Å². The lowest BCUT2D eigenvalue weighted by Crippen LogP contribution is -2.32. The highest BCUT2D eigenvalue weighted by atomic mass is 16.6. The Kier molecular flexibility index (Phi) is 4.66. The number of hydrogen-bond donors (Lipinski definition) is 2. The smallest absolute Gasteiger partial charge is 0.329 e. The molecular weight excluding hydrogens is 312 g/mol. The van der Waals surface area contributed by atoms with Crippen LogP contribution in [-0.4, -0.2) is 36.2 Å². The van der Waals surface area contributed by atoms with Crippen molar-refractivity contribution in [3.63, 3.8) is 0 Å². The third-order valence-electron chi connectivity index (χ3n) is 3.06. The van der Waals surface area contributed by atoms with Gasteiger partial charge in [-0.25, -0.2) is 10.4 Å². The van der Waals surface area contributed by atoms with Gasteiger partial charge in [0.15, 0.2) is 11.5 Å². The van der Waals surface area contributed by atoms with Crippen molar-refractivity contribution in [2.45, 2.75) is 0 Å². The van der Waals surface area contributed by atoms with Gasteiger partial charge in [0.1, 0.15) is 19.0 Å². The van der Waals surface area contributed by atoms with Gasteiger partial charge < -0.3 is 14.8 Å². The largest absolute Gasteiger partial charge is 0.486 e. The van der Waals surface area contributed by atoms with Crippen molar-refractivity contribution in [2.24, 2.45) is 5.10 Å². The first-order chi connectivity index (χ1) is 11.7. The highest BCUT2D eigenvalue weighted by Crippen LogP contribution is 2.30. The summed E-state index contributed by atoms with van der Waals surface area (Å²) in [5, 5.41) is 6.11. The van der Waals surface area contributed by atoms with Gasteiger partial charge in [0, 0.05) is 6.20 Å². The van der Waals surface area contributed by atoms with Crippen LogP contribution in [0.15, 0.2) is 47.7 Å². The Balaban J connectivity index is 1.55. The number of amides is 2. The maximum Gasteiger partial charge on any atom is 0.329 e. The lowest BCUT2D eigenvalue weighted by atomic mass is 10.2. The summed E-state index contributed by atoms with van der Waals surface area (Å²) in [6, 6.07) is 10.2. The van der Waals surface area contributed by atoms with Crippen molar-refractivity contribution in [1.82, 2.24) is 10.4 Å². The summed E-state index contributed by atoms with van der Waals surface area (Å²) in [7, 11) is 0. The van der Waals surface area contributed by atoms with Gasteiger partial charge in [-0.1, -0.05) is 6.07 Å². The van der Waals surface area contributed by atoms with Gasteiger partial charge in [-0.15, -0.1) is 0 Å². The Bertz CT molecular complexity index is 777. The normalized spacial score (nSPS) is 12.7. The van der Waals surface area contributed by atoms with Crippen molar-refractivity contribution < 1.29 is 19.1 Å². The van der Waals surface area contributed by atoms with E-state index in [4.69, 9.17) is 9.47 Å². The molecule has 0 aliphatic carbocycles. The number of aromatic nitrogens is 1. The van der Waals surface area contributed by atoms with Crippen LogP contribution in [0.5, 0.6) is 11.5 Å². The van der Waals surface area contributed by atoms with Crippen molar-refractivity contribution >= 4 is 23.8 Å². The van der Waals surface area contributed by atoms with E-state index in [9.17, 15) is 9.59 Å². The first-order valence-electron chi connectivity index (χ1n) is 7.17. The molecule has 0 saturated carbocycles. The van der Waals surface area contributed by atoms with Gasteiger partial charge in [-0.2, -0.15) is 5.10 Å². The predicted molar refractivity (Wildman–Crippen MR) is 86.0 cm³/mol. The quantitative estimate of drug-likeness (QED) is 0.496. The van der Waals surface area contributed by atoms with E-state index in [1.165, 1.54) is 12.4 Å². The number of pyridine rings is 1. The van der Waals surface area contributed by atoms with Crippen molar-refractivity contribution in [3.8, 4) is 11.5 Å². The number of carbonyl (C=O) groups is 2. The number of nitrogens with zero attached hydrogens (tertiary/aromatic N) is 2. The molecule has 0 unspecified atom stereocenters. The van der Waals surface area contributed by atoms with Crippen molar-refractivity contribution in [2.75, 3.05) is 18.5 Å². The van der Waals surface area contributed by atoms with Gasteiger partial charge in [-0.05, 0) is 35.9 Å². The van der Waals surface area contributed by atoms with Gasteiger partial charge in [0.2, 0.25) is 0 Å². The predicted octanol–water partition coefficient (Wildman–Crippen LogP) is 0.942. The van der Waals surface area contributed by atoms with E-state index in [2.05, 4.69) is 20.8 Å². The van der Waals surface area contributed by atoms with Crippen LogP contribution in [-0.2, 0) is 9.59 Å². The fourth-order valence-corrected chi connectivity index (χ4v) is 1.97. The van der Waals surface area contributed by atoms with Gasteiger partial charge in [-0.3, -0.25) is 9.59 Å². The summed E-state index contributed by atoms with van der Waals surface area (Å²) in [5.41, 5.74) is 2.85. The Labute approximate surface area is 137 Å². The third-order valence-corrected chi connectivity index (χ3v) is 3.06. The average Bonchev–Trinajstić information content (AvgIpc) is 2.62. The van der Waals surface area contributed by atoms with E-state index in [0.29, 0.717) is 30.3 Å². The van der Waals surface area contributed by atoms with Crippen LogP contribution in [0, 0.1) is 0 Å². The van der Waals surface area contributed by atoms with E-state index in [0.717, 1.165) is 0 Å². The molecular formula is C16H14N4O4. The highest BCUT2D eigenvalue weighted by molar-refractivity contribution is 6.39. The lowest BCUT2D eigenvalue weighted by molar-refractivity contribution is -0.136. The molecule has 0 radical (unpaired) electrons. The Hall–Kier alpha value is -3.42. The minimum absolute atomic E-state index is 0.286. The summed E-state index contributed by atoms with van der Waals surface area (Å²) < 4.78 is 10.9. The standard InChI is InChI=1S/C16H14N4O4/c21-15(19-14-3-1-2-6-17-14)16(22)20-18-10-11-4-5-12-13(9-11)24-8-7-23-12/h1-6,9-10H,7-8H2,(H,20,22)(H,17,19,21)/b18-10-. The topological polar surface area (TPSA) is 102 Å². The minimum Gasteiger partial charge on any atom is -0.486 e. The number of hydrazone groups is 1. The van der Waals surface area contributed by atoms with E-state index >= 15 is 0 Å². The van der Waals surface area contributed by atoms with E-state index in [1.807, 2.05) is 0 Å². The van der Waals surface area contributed by atoms with Crippen LogP contribution in [0.2, 0.25) is 0 Å². The molecule has 1 aromatic carbocycles. The second-order valence-corrected chi connectivity index (χ2v) is 4.77. The fourth-order valence-electron chi connectivity index (χ4n) is 1.97. The molecule has 3 rings (SSSR count). The zero-order valence-corrected chi connectivity index (χ0v) is 12.6. The molecule has 8 heteroatoms. The van der Waals surface area contributed by atoms with Crippen molar-refractivity contribution in [3.05, 3.63) is 48.2 Å². The molecule has 2 heterocycles. The molecule has 8 nitrogen and oxygen atoms in total. The summed E-state index contributed by atoms with van der Waals surface area (Å²) >= 11 is 0. The Morgan fingerprint density at radius 3 is 2.71 bits per heavy atom. The highest BCUT2D eigenvalue weighted by Gasteiger charge is 2.13. The molecule has 0 saturated heterocycles. The number of benzene rings is 1. The van der Waals surface area contributed by atoms with Crippen LogP contribution >= 0.6 is 0 Å². The number of carbonyl (C=O) groups excluding carboxylic acids is 2.